The Hall–Kier alpha value is -1.94. The Morgan fingerprint density at radius 2 is 2.29 bits per heavy atom. The second-order valence-corrected chi connectivity index (χ2v) is 4.12. The van der Waals surface area contributed by atoms with Gasteiger partial charge in [-0.2, -0.15) is 5.26 Å². The number of anilines is 1. The first-order valence-electron chi connectivity index (χ1n) is 4.60. The van der Waals surface area contributed by atoms with E-state index < -0.39 is 16.7 Å². The Labute approximate surface area is 106 Å². The number of nitro benzene ring substituents is 1. The number of hydrogen-bond acceptors (Lipinski definition) is 4. The van der Waals surface area contributed by atoms with Crippen molar-refractivity contribution >= 4 is 33.2 Å². The van der Waals surface area contributed by atoms with E-state index in [0.717, 1.165) is 0 Å². The first kappa shape index (κ1) is 13.1. The average Bonchev–Trinajstić information content (AvgIpc) is 2.30. The van der Waals surface area contributed by atoms with E-state index in [9.17, 15) is 14.9 Å². The highest BCUT2D eigenvalue weighted by Crippen LogP contribution is 2.27. The van der Waals surface area contributed by atoms with Crippen LogP contribution >= 0.6 is 15.9 Å². The molecule has 0 aliphatic rings. The average molecular weight is 298 g/mol. The van der Waals surface area contributed by atoms with E-state index in [1.165, 1.54) is 25.1 Å². The topological polar surface area (TPSA) is 96.0 Å². The summed E-state index contributed by atoms with van der Waals surface area (Å²) in [6, 6.07) is 5.98. The normalized spacial score (nSPS) is 11.4. The summed E-state index contributed by atoms with van der Waals surface area (Å²) in [5, 5.41) is 21.6. The maximum atomic E-state index is 11.4. The molecule has 0 spiro atoms. The lowest BCUT2D eigenvalue weighted by Gasteiger charge is -2.06. The zero-order valence-electron chi connectivity index (χ0n) is 8.81. The van der Waals surface area contributed by atoms with Gasteiger partial charge in [-0.15, -0.1) is 0 Å². The number of rotatable bonds is 3. The minimum absolute atomic E-state index is 0.146. The summed E-state index contributed by atoms with van der Waals surface area (Å²) in [7, 11) is 0. The molecule has 0 bridgehead atoms. The molecule has 17 heavy (non-hydrogen) atoms. The van der Waals surface area contributed by atoms with Crippen LogP contribution < -0.4 is 5.32 Å². The summed E-state index contributed by atoms with van der Waals surface area (Å²) >= 11 is 3.03. The van der Waals surface area contributed by atoms with Gasteiger partial charge in [0, 0.05) is 11.8 Å². The summed E-state index contributed by atoms with van der Waals surface area (Å²) in [6.07, 6.45) is 0. The molecule has 0 aliphatic carbocycles. The summed E-state index contributed by atoms with van der Waals surface area (Å²) in [5.41, 5.74) is 0.138. The molecule has 0 aromatic heterocycles. The van der Waals surface area contributed by atoms with E-state index >= 15 is 0 Å². The Kier molecular flexibility index (Phi) is 4.17. The van der Waals surface area contributed by atoms with Crippen LogP contribution in [0.1, 0.15) is 6.92 Å². The highest BCUT2D eigenvalue weighted by molar-refractivity contribution is 9.10. The molecule has 0 saturated carbocycles. The standard InChI is InChI=1S/C10H8BrN3O3/c1-6(5-12)10(15)13-7-2-3-8(11)9(4-7)14(16)17/h2-4,6H,1H3,(H,13,15). The second kappa shape index (κ2) is 5.41. The zero-order valence-corrected chi connectivity index (χ0v) is 10.4. The smallest absolute Gasteiger partial charge is 0.285 e. The lowest BCUT2D eigenvalue weighted by Crippen LogP contribution is -2.18. The first-order valence-corrected chi connectivity index (χ1v) is 5.39. The number of carbonyl (C=O) groups excluding carboxylic acids is 1. The molecular weight excluding hydrogens is 290 g/mol. The molecule has 7 heteroatoms. The Bertz CT molecular complexity index is 510. The molecule has 0 aliphatic heterocycles. The fourth-order valence-corrected chi connectivity index (χ4v) is 1.43. The summed E-state index contributed by atoms with van der Waals surface area (Å²) in [4.78, 5) is 21.5. The lowest BCUT2D eigenvalue weighted by atomic mass is 10.2. The van der Waals surface area contributed by atoms with Crippen molar-refractivity contribution in [3.05, 3.63) is 32.8 Å². The zero-order chi connectivity index (χ0) is 13.0. The predicted molar refractivity (Wildman–Crippen MR) is 64.2 cm³/mol. The molecule has 0 saturated heterocycles. The molecule has 0 heterocycles. The van der Waals surface area contributed by atoms with Gasteiger partial charge >= 0.3 is 0 Å². The van der Waals surface area contributed by atoms with Crippen molar-refractivity contribution in [1.82, 2.24) is 0 Å². The van der Waals surface area contributed by atoms with Gasteiger partial charge in [-0.1, -0.05) is 0 Å². The molecule has 6 nitrogen and oxygen atoms in total. The van der Waals surface area contributed by atoms with Crippen LogP contribution in [0.4, 0.5) is 11.4 Å². The monoisotopic (exact) mass is 297 g/mol. The molecule has 0 fully saturated rings. The van der Waals surface area contributed by atoms with Crippen LogP contribution in [0.3, 0.4) is 0 Å². The predicted octanol–water partition coefficient (Wildman–Crippen LogP) is 2.46. The number of nitro groups is 1. The van der Waals surface area contributed by atoms with E-state index in [1.54, 1.807) is 6.07 Å². The molecule has 0 radical (unpaired) electrons. The van der Waals surface area contributed by atoms with Crippen molar-refractivity contribution in [2.24, 2.45) is 5.92 Å². The molecule has 1 aromatic rings. The van der Waals surface area contributed by atoms with Gasteiger partial charge in [-0.3, -0.25) is 14.9 Å². The third-order valence-electron chi connectivity index (χ3n) is 2.00. The summed E-state index contributed by atoms with van der Waals surface area (Å²) in [6.45, 7) is 1.45. The van der Waals surface area contributed by atoms with Gasteiger partial charge in [0.15, 0.2) is 0 Å². The van der Waals surface area contributed by atoms with Crippen LogP contribution in [0.2, 0.25) is 0 Å². The second-order valence-electron chi connectivity index (χ2n) is 3.26. The Morgan fingerprint density at radius 1 is 1.65 bits per heavy atom. The van der Waals surface area contributed by atoms with Gasteiger partial charge in [-0.25, -0.2) is 0 Å². The van der Waals surface area contributed by atoms with Crippen LogP contribution in [0.5, 0.6) is 0 Å². The summed E-state index contributed by atoms with van der Waals surface area (Å²) in [5.74, 6) is -1.30. The van der Waals surface area contributed by atoms with Gasteiger partial charge in [0.2, 0.25) is 5.91 Å². The van der Waals surface area contributed by atoms with E-state index in [0.29, 0.717) is 4.47 Å². The largest absolute Gasteiger partial charge is 0.325 e. The molecule has 1 N–H and O–H groups in total. The third kappa shape index (κ3) is 3.26. The third-order valence-corrected chi connectivity index (χ3v) is 2.67. The maximum Gasteiger partial charge on any atom is 0.285 e. The SMILES string of the molecule is CC(C#N)C(=O)Nc1ccc(Br)c([N+](=O)[O-])c1. The Balaban J connectivity index is 2.95. The molecular formula is C10H8BrN3O3. The number of hydrogen-bond donors (Lipinski definition) is 1. The van der Waals surface area contributed by atoms with E-state index in [4.69, 9.17) is 5.26 Å². The van der Waals surface area contributed by atoms with Crippen LogP contribution in [0.15, 0.2) is 22.7 Å². The highest BCUT2D eigenvalue weighted by Gasteiger charge is 2.16. The minimum Gasteiger partial charge on any atom is -0.325 e. The molecule has 1 atom stereocenters. The molecule has 1 aromatic carbocycles. The number of amides is 1. The van der Waals surface area contributed by atoms with Crippen LogP contribution in [0, 0.1) is 27.4 Å². The van der Waals surface area contributed by atoms with Crippen molar-refractivity contribution < 1.29 is 9.72 Å². The summed E-state index contributed by atoms with van der Waals surface area (Å²) < 4.78 is 0.328. The molecule has 1 unspecified atom stereocenters. The number of carbonyl (C=O) groups is 1. The van der Waals surface area contributed by atoms with Crippen molar-refractivity contribution in [3.63, 3.8) is 0 Å². The van der Waals surface area contributed by atoms with Gasteiger partial charge in [0.1, 0.15) is 5.92 Å². The van der Waals surface area contributed by atoms with Gasteiger partial charge in [0.05, 0.1) is 15.5 Å². The van der Waals surface area contributed by atoms with Gasteiger partial charge in [-0.05, 0) is 35.0 Å². The van der Waals surface area contributed by atoms with Crippen LogP contribution in [-0.2, 0) is 4.79 Å². The van der Waals surface area contributed by atoms with E-state index in [1.807, 2.05) is 0 Å². The molecule has 88 valence electrons. The van der Waals surface area contributed by atoms with Crippen molar-refractivity contribution in [2.45, 2.75) is 6.92 Å². The van der Waals surface area contributed by atoms with E-state index in [-0.39, 0.29) is 11.4 Å². The van der Waals surface area contributed by atoms with Crippen LogP contribution in [-0.4, -0.2) is 10.8 Å². The quantitative estimate of drug-likeness (QED) is 0.684. The number of halogens is 1. The Morgan fingerprint density at radius 3 is 2.82 bits per heavy atom. The van der Waals surface area contributed by atoms with Crippen molar-refractivity contribution in [1.29, 1.82) is 5.26 Å². The van der Waals surface area contributed by atoms with Crippen molar-refractivity contribution in [3.8, 4) is 6.07 Å². The number of nitrogens with one attached hydrogen (secondary N) is 1. The van der Waals surface area contributed by atoms with Crippen LogP contribution in [0.25, 0.3) is 0 Å². The van der Waals surface area contributed by atoms with E-state index in [2.05, 4.69) is 21.2 Å². The minimum atomic E-state index is -0.808. The lowest BCUT2D eigenvalue weighted by molar-refractivity contribution is -0.385. The first-order chi connectivity index (χ1) is 7.95. The number of benzene rings is 1. The van der Waals surface area contributed by atoms with Gasteiger partial charge < -0.3 is 5.32 Å². The van der Waals surface area contributed by atoms with Gasteiger partial charge in [0.25, 0.3) is 5.69 Å². The fourth-order valence-electron chi connectivity index (χ4n) is 1.04. The molecule has 1 amide bonds. The molecule has 1 rings (SSSR count). The number of nitrogens with zero attached hydrogens (tertiary/aromatic N) is 2. The number of nitriles is 1. The van der Waals surface area contributed by atoms with Crippen molar-refractivity contribution in [2.75, 3.05) is 5.32 Å². The highest BCUT2D eigenvalue weighted by atomic mass is 79.9. The fraction of sp³-hybridized carbons (Fsp3) is 0.200. The maximum absolute atomic E-state index is 11.4.